The Kier molecular flexibility index (Phi) is 5.92. The third kappa shape index (κ3) is 3.42. The first kappa shape index (κ1) is 14.5. The lowest BCUT2D eigenvalue weighted by Crippen LogP contribution is -2.50. The number of nitrogens with zero attached hydrogens (tertiary/aromatic N) is 1. The molecular formula is C13H26N2O2. The summed E-state index contributed by atoms with van der Waals surface area (Å²) < 4.78 is 0. The Bertz CT molecular complexity index is 232. The highest BCUT2D eigenvalue weighted by Crippen LogP contribution is 2.36. The minimum absolute atomic E-state index is 0.0556. The van der Waals surface area contributed by atoms with Crippen molar-refractivity contribution >= 4 is 5.91 Å². The molecule has 1 aliphatic rings. The van der Waals surface area contributed by atoms with Crippen LogP contribution in [0.2, 0.25) is 0 Å². The Morgan fingerprint density at radius 1 is 1.35 bits per heavy atom. The van der Waals surface area contributed by atoms with Gasteiger partial charge in [-0.2, -0.15) is 0 Å². The van der Waals surface area contributed by atoms with Gasteiger partial charge in [0.15, 0.2) is 0 Å². The molecule has 0 radical (unpaired) electrons. The van der Waals surface area contributed by atoms with Gasteiger partial charge in [-0.15, -0.1) is 0 Å². The molecule has 1 fully saturated rings. The SMILES string of the molecule is CCCC1(C(=O)N(CC)CCO)CCNCC1. The van der Waals surface area contributed by atoms with Crippen molar-refractivity contribution in [2.45, 2.75) is 39.5 Å². The van der Waals surface area contributed by atoms with Crippen LogP contribution in [0.25, 0.3) is 0 Å². The zero-order valence-electron chi connectivity index (χ0n) is 11.2. The van der Waals surface area contributed by atoms with Gasteiger partial charge in [0.05, 0.1) is 12.0 Å². The van der Waals surface area contributed by atoms with Crippen LogP contribution in [0.15, 0.2) is 0 Å². The van der Waals surface area contributed by atoms with Crippen LogP contribution in [-0.4, -0.2) is 48.7 Å². The average Bonchev–Trinajstić information content (AvgIpc) is 2.36. The molecule has 0 aromatic heterocycles. The van der Waals surface area contributed by atoms with Crippen LogP contribution in [0, 0.1) is 5.41 Å². The summed E-state index contributed by atoms with van der Waals surface area (Å²) in [5, 5.41) is 12.3. The molecule has 0 aromatic carbocycles. The van der Waals surface area contributed by atoms with Crippen molar-refractivity contribution in [3.05, 3.63) is 0 Å². The molecule has 4 heteroatoms. The van der Waals surface area contributed by atoms with Gasteiger partial charge in [-0.25, -0.2) is 0 Å². The summed E-state index contributed by atoms with van der Waals surface area (Å²) in [7, 11) is 0. The van der Waals surface area contributed by atoms with Gasteiger partial charge in [-0.3, -0.25) is 4.79 Å². The fraction of sp³-hybridized carbons (Fsp3) is 0.923. The molecule has 0 aliphatic carbocycles. The van der Waals surface area contributed by atoms with E-state index >= 15 is 0 Å². The molecule has 0 unspecified atom stereocenters. The van der Waals surface area contributed by atoms with Gasteiger partial charge in [-0.05, 0) is 39.3 Å². The number of carbonyl (C=O) groups excluding carboxylic acids is 1. The fourth-order valence-corrected chi connectivity index (χ4v) is 2.81. The highest BCUT2D eigenvalue weighted by atomic mass is 16.3. The lowest BCUT2D eigenvalue weighted by molar-refractivity contribution is -0.144. The Hall–Kier alpha value is -0.610. The highest BCUT2D eigenvalue weighted by Gasteiger charge is 2.40. The molecule has 0 atom stereocenters. The molecule has 2 N–H and O–H groups in total. The quantitative estimate of drug-likeness (QED) is 0.730. The summed E-state index contributed by atoms with van der Waals surface area (Å²) in [6, 6.07) is 0. The van der Waals surface area contributed by atoms with Crippen molar-refractivity contribution < 1.29 is 9.90 Å². The van der Waals surface area contributed by atoms with E-state index in [1.54, 1.807) is 4.90 Å². The molecular weight excluding hydrogens is 216 g/mol. The first-order valence-corrected chi connectivity index (χ1v) is 6.81. The molecule has 1 saturated heterocycles. The molecule has 1 rings (SSSR count). The standard InChI is InChI=1S/C13H26N2O2/c1-3-5-13(6-8-14-9-7-13)12(17)15(4-2)10-11-16/h14,16H,3-11H2,1-2H3. The number of amides is 1. The number of rotatable bonds is 6. The first-order valence-electron chi connectivity index (χ1n) is 6.81. The molecule has 1 amide bonds. The van der Waals surface area contributed by atoms with Crippen LogP contribution in [0.4, 0.5) is 0 Å². The van der Waals surface area contributed by atoms with Crippen LogP contribution >= 0.6 is 0 Å². The van der Waals surface area contributed by atoms with E-state index in [-0.39, 0.29) is 17.9 Å². The van der Waals surface area contributed by atoms with Gasteiger partial charge in [-0.1, -0.05) is 13.3 Å². The molecule has 1 heterocycles. The van der Waals surface area contributed by atoms with Crippen molar-refractivity contribution in [2.75, 3.05) is 32.8 Å². The number of likely N-dealkylation sites (N-methyl/N-ethyl adjacent to an activating group) is 1. The second-order valence-corrected chi connectivity index (χ2v) is 4.89. The molecule has 0 aromatic rings. The summed E-state index contributed by atoms with van der Waals surface area (Å²) in [6.45, 7) is 7.20. The van der Waals surface area contributed by atoms with Crippen molar-refractivity contribution in [3.8, 4) is 0 Å². The Morgan fingerprint density at radius 2 is 2.00 bits per heavy atom. The van der Waals surface area contributed by atoms with E-state index in [0.29, 0.717) is 13.1 Å². The maximum Gasteiger partial charge on any atom is 0.228 e. The molecule has 0 bridgehead atoms. The second kappa shape index (κ2) is 6.97. The lowest BCUT2D eigenvalue weighted by Gasteiger charge is -2.39. The normalized spacial score (nSPS) is 19.0. The highest BCUT2D eigenvalue weighted by molar-refractivity contribution is 5.83. The molecule has 17 heavy (non-hydrogen) atoms. The third-order valence-corrected chi connectivity index (χ3v) is 3.78. The van der Waals surface area contributed by atoms with Gasteiger partial charge in [0.25, 0.3) is 0 Å². The average molecular weight is 242 g/mol. The third-order valence-electron chi connectivity index (χ3n) is 3.78. The predicted octanol–water partition coefficient (Wildman–Crippen LogP) is 0.997. The minimum Gasteiger partial charge on any atom is -0.395 e. The Balaban J connectivity index is 2.77. The van der Waals surface area contributed by atoms with Crippen LogP contribution in [0.5, 0.6) is 0 Å². The van der Waals surface area contributed by atoms with E-state index in [0.717, 1.165) is 38.8 Å². The topological polar surface area (TPSA) is 52.6 Å². The van der Waals surface area contributed by atoms with Crippen molar-refractivity contribution in [1.29, 1.82) is 0 Å². The largest absolute Gasteiger partial charge is 0.395 e. The number of aliphatic hydroxyl groups is 1. The van der Waals surface area contributed by atoms with Gasteiger partial charge in [0.1, 0.15) is 0 Å². The van der Waals surface area contributed by atoms with Crippen LogP contribution in [0.3, 0.4) is 0 Å². The monoisotopic (exact) mass is 242 g/mol. The second-order valence-electron chi connectivity index (χ2n) is 4.89. The molecule has 0 saturated carbocycles. The number of piperidine rings is 1. The van der Waals surface area contributed by atoms with Crippen molar-refractivity contribution in [1.82, 2.24) is 10.2 Å². The van der Waals surface area contributed by atoms with Gasteiger partial charge in [0, 0.05) is 13.1 Å². The summed E-state index contributed by atoms with van der Waals surface area (Å²) in [5.74, 6) is 0.248. The Labute approximate surface area is 104 Å². The number of hydrogen-bond donors (Lipinski definition) is 2. The minimum atomic E-state index is -0.175. The zero-order chi connectivity index (χ0) is 12.7. The number of carbonyl (C=O) groups is 1. The van der Waals surface area contributed by atoms with E-state index < -0.39 is 0 Å². The van der Waals surface area contributed by atoms with Gasteiger partial charge >= 0.3 is 0 Å². The molecule has 4 nitrogen and oxygen atoms in total. The summed E-state index contributed by atoms with van der Waals surface area (Å²) in [6.07, 6.45) is 3.88. The summed E-state index contributed by atoms with van der Waals surface area (Å²) in [4.78, 5) is 14.4. The Morgan fingerprint density at radius 3 is 2.47 bits per heavy atom. The summed E-state index contributed by atoms with van der Waals surface area (Å²) in [5.41, 5.74) is -0.175. The maximum atomic E-state index is 12.6. The lowest BCUT2D eigenvalue weighted by atomic mass is 9.74. The van der Waals surface area contributed by atoms with E-state index in [9.17, 15) is 4.79 Å². The van der Waals surface area contributed by atoms with E-state index in [1.807, 2.05) is 6.92 Å². The summed E-state index contributed by atoms with van der Waals surface area (Å²) >= 11 is 0. The van der Waals surface area contributed by atoms with E-state index in [1.165, 1.54) is 0 Å². The van der Waals surface area contributed by atoms with Crippen LogP contribution in [-0.2, 0) is 4.79 Å². The van der Waals surface area contributed by atoms with E-state index in [2.05, 4.69) is 12.2 Å². The van der Waals surface area contributed by atoms with E-state index in [4.69, 9.17) is 5.11 Å². The van der Waals surface area contributed by atoms with Gasteiger partial charge < -0.3 is 15.3 Å². The molecule has 0 spiro atoms. The van der Waals surface area contributed by atoms with Crippen molar-refractivity contribution in [3.63, 3.8) is 0 Å². The molecule has 100 valence electrons. The zero-order valence-corrected chi connectivity index (χ0v) is 11.2. The number of hydrogen-bond acceptors (Lipinski definition) is 3. The maximum absolute atomic E-state index is 12.6. The number of nitrogens with one attached hydrogen (secondary N) is 1. The van der Waals surface area contributed by atoms with Crippen LogP contribution in [0.1, 0.15) is 39.5 Å². The predicted molar refractivity (Wildman–Crippen MR) is 68.8 cm³/mol. The first-order chi connectivity index (χ1) is 8.20. The van der Waals surface area contributed by atoms with Crippen molar-refractivity contribution in [2.24, 2.45) is 5.41 Å². The fourth-order valence-electron chi connectivity index (χ4n) is 2.81. The number of aliphatic hydroxyl groups excluding tert-OH is 1. The molecule has 1 aliphatic heterocycles. The van der Waals surface area contributed by atoms with Crippen LogP contribution < -0.4 is 5.32 Å². The smallest absolute Gasteiger partial charge is 0.228 e. The van der Waals surface area contributed by atoms with Gasteiger partial charge in [0.2, 0.25) is 5.91 Å².